The van der Waals surface area contributed by atoms with E-state index >= 15 is 0 Å². The Bertz CT molecular complexity index is 561. The van der Waals surface area contributed by atoms with Crippen LogP contribution in [-0.2, 0) is 9.59 Å². The summed E-state index contributed by atoms with van der Waals surface area (Å²) in [6.07, 6.45) is 1.13. The average Bonchev–Trinajstić information content (AvgIpc) is 2.55. The highest BCUT2D eigenvalue weighted by molar-refractivity contribution is 6.38. The molecule has 0 bridgehead atoms. The van der Waals surface area contributed by atoms with E-state index in [4.69, 9.17) is 5.73 Å². The van der Waals surface area contributed by atoms with Crippen LogP contribution in [0.3, 0.4) is 0 Å². The number of nitrogens with two attached hydrogens (primary N) is 1. The van der Waals surface area contributed by atoms with Crippen molar-refractivity contribution in [2.24, 2.45) is 5.73 Å². The smallest absolute Gasteiger partial charge is 0.328 e. The summed E-state index contributed by atoms with van der Waals surface area (Å²) in [5.41, 5.74) is 6.66. The fourth-order valence-electron chi connectivity index (χ4n) is 1.75. The molecule has 0 atom stereocenters. The summed E-state index contributed by atoms with van der Waals surface area (Å²) in [5.74, 6) is -1.36. The van der Waals surface area contributed by atoms with E-state index in [1.54, 1.807) is 12.1 Å². The van der Waals surface area contributed by atoms with E-state index in [1.807, 2.05) is 19.1 Å². The predicted molar refractivity (Wildman–Crippen MR) is 60.6 cm³/mol. The van der Waals surface area contributed by atoms with Gasteiger partial charge in [-0.25, -0.2) is 4.79 Å². The Morgan fingerprint density at radius 2 is 1.88 bits per heavy atom. The normalized spacial score (nSPS) is 15.1. The van der Waals surface area contributed by atoms with Gasteiger partial charge in [0.15, 0.2) is 0 Å². The van der Waals surface area contributed by atoms with Crippen molar-refractivity contribution in [2.45, 2.75) is 6.92 Å². The van der Waals surface area contributed by atoms with E-state index in [2.05, 4.69) is 0 Å². The number of rotatable bonds is 1. The third kappa shape index (κ3) is 1.71. The van der Waals surface area contributed by atoms with Gasteiger partial charge < -0.3 is 5.73 Å². The molecule has 4 amide bonds. The molecule has 17 heavy (non-hydrogen) atoms. The fourth-order valence-corrected chi connectivity index (χ4v) is 1.75. The van der Waals surface area contributed by atoms with Gasteiger partial charge in [-0.15, -0.1) is 0 Å². The van der Waals surface area contributed by atoms with Crippen molar-refractivity contribution < 1.29 is 14.4 Å². The van der Waals surface area contributed by atoms with Gasteiger partial charge in [-0.2, -0.15) is 4.90 Å². The zero-order chi connectivity index (χ0) is 12.6. The molecule has 0 saturated heterocycles. The third-order valence-corrected chi connectivity index (χ3v) is 2.58. The number of nitrogens with zero attached hydrogens (tertiary/aromatic N) is 1. The molecule has 0 radical (unpaired) electrons. The lowest BCUT2D eigenvalue weighted by Gasteiger charge is -2.10. The Morgan fingerprint density at radius 1 is 1.24 bits per heavy atom. The van der Waals surface area contributed by atoms with E-state index in [-0.39, 0.29) is 5.57 Å². The maximum atomic E-state index is 11.8. The number of primary amides is 1. The van der Waals surface area contributed by atoms with Gasteiger partial charge in [0.05, 0.1) is 5.57 Å². The first-order chi connectivity index (χ1) is 8.02. The second kappa shape index (κ2) is 3.86. The Morgan fingerprint density at radius 3 is 2.41 bits per heavy atom. The van der Waals surface area contributed by atoms with Gasteiger partial charge in [-0.3, -0.25) is 9.59 Å². The van der Waals surface area contributed by atoms with Crippen molar-refractivity contribution >= 4 is 23.4 Å². The molecule has 0 aromatic heterocycles. The summed E-state index contributed by atoms with van der Waals surface area (Å²) in [7, 11) is 0. The van der Waals surface area contributed by atoms with Crippen LogP contribution in [0.4, 0.5) is 4.79 Å². The van der Waals surface area contributed by atoms with Crippen LogP contribution < -0.4 is 5.73 Å². The third-order valence-electron chi connectivity index (χ3n) is 2.58. The van der Waals surface area contributed by atoms with Crippen LogP contribution in [0.25, 0.3) is 5.57 Å². The summed E-state index contributed by atoms with van der Waals surface area (Å²) in [6, 6.07) is 6.07. The molecule has 5 nitrogen and oxygen atoms in total. The highest BCUT2D eigenvalue weighted by Crippen LogP contribution is 2.25. The molecule has 0 aliphatic carbocycles. The maximum Gasteiger partial charge on any atom is 0.328 e. The lowest BCUT2D eigenvalue weighted by Crippen LogP contribution is -2.40. The van der Waals surface area contributed by atoms with Crippen LogP contribution in [0, 0.1) is 6.92 Å². The molecule has 2 rings (SSSR count). The minimum atomic E-state index is -1.06. The van der Waals surface area contributed by atoms with Gasteiger partial charge in [-0.1, -0.05) is 24.3 Å². The summed E-state index contributed by atoms with van der Waals surface area (Å²) < 4.78 is 0. The zero-order valence-corrected chi connectivity index (χ0v) is 9.14. The first kappa shape index (κ1) is 11.1. The molecule has 0 unspecified atom stereocenters. The van der Waals surface area contributed by atoms with Crippen molar-refractivity contribution in [2.75, 3.05) is 0 Å². The van der Waals surface area contributed by atoms with E-state index in [0.29, 0.717) is 10.5 Å². The fraction of sp³-hybridized carbons (Fsp3) is 0.0833. The molecule has 1 aliphatic rings. The summed E-state index contributed by atoms with van der Waals surface area (Å²) in [5, 5.41) is 0. The minimum absolute atomic E-state index is 0.201. The summed E-state index contributed by atoms with van der Waals surface area (Å²) in [4.78, 5) is 34.7. The van der Waals surface area contributed by atoms with Crippen LogP contribution in [0.5, 0.6) is 0 Å². The van der Waals surface area contributed by atoms with Gasteiger partial charge in [0, 0.05) is 6.08 Å². The molecule has 0 fully saturated rings. The lowest BCUT2D eigenvalue weighted by atomic mass is 10.0. The van der Waals surface area contributed by atoms with E-state index in [9.17, 15) is 14.4 Å². The lowest BCUT2D eigenvalue weighted by molar-refractivity contribution is -0.132. The van der Waals surface area contributed by atoms with E-state index < -0.39 is 17.8 Å². The van der Waals surface area contributed by atoms with Gasteiger partial charge in [-0.05, 0) is 18.1 Å². The van der Waals surface area contributed by atoms with E-state index in [1.165, 1.54) is 0 Å². The average molecular weight is 230 g/mol. The van der Waals surface area contributed by atoms with Crippen molar-refractivity contribution in [3.63, 3.8) is 0 Å². The molecule has 0 spiro atoms. The summed E-state index contributed by atoms with van der Waals surface area (Å²) in [6.45, 7) is 1.82. The molecule has 1 aromatic rings. The largest absolute Gasteiger partial charge is 0.351 e. The molecule has 0 saturated carbocycles. The number of hydrogen-bond donors (Lipinski definition) is 1. The first-order valence-corrected chi connectivity index (χ1v) is 4.98. The Labute approximate surface area is 97.5 Å². The molecule has 2 N–H and O–H groups in total. The Hall–Kier alpha value is -2.43. The first-order valence-electron chi connectivity index (χ1n) is 4.98. The highest BCUT2D eigenvalue weighted by Gasteiger charge is 2.35. The highest BCUT2D eigenvalue weighted by atomic mass is 16.2. The number of carbonyl (C=O) groups excluding carboxylic acids is 3. The number of carbonyl (C=O) groups is 3. The van der Waals surface area contributed by atoms with Crippen LogP contribution in [0.15, 0.2) is 30.3 Å². The SMILES string of the molecule is Cc1ccccc1C1=CC(=O)N(C(N)=O)C1=O. The number of benzene rings is 1. The molecule has 1 aliphatic heterocycles. The van der Waals surface area contributed by atoms with Crippen LogP contribution in [0.2, 0.25) is 0 Å². The monoisotopic (exact) mass is 230 g/mol. The molecular weight excluding hydrogens is 220 g/mol. The topological polar surface area (TPSA) is 80.5 Å². The Balaban J connectivity index is 2.47. The molecule has 1 aromatic carbocycles. The van der Waals surface area contributed by atoms with Crippen molar-refractivity contribution in [1.29, 1.82) is 0 Å². The molecule has 1 heterocycles. The van der Waals surface area contributed by atoms with E-state index in [0.717, 1.165) is 11.6 Å². The van der Waals surface area contributed by atoms with Crippen molar-refractivity contribution in [3.8, 4) is 0 Å². The van der Waals surface area contributed by atoms with Crippen LogP contribution in [0.1, 0.15) is 11.1 Å². The quantitative estimate of drug-likeness (QED) is 0.725. The molecule has 5 heteroatoms. The number of urea groups is 1. The van der Waals surface area contributed by atoms with Crippen LogP contribution in [-0.4, -0.2) is 22.7 Å². The van der Waals surface area contributed by atoms with Crippen molar-refractivity contribution in [1.82, 2.24) is 4.90 Å². The van der Waals surface area contributed by atoms with Gasteiger partial charge >= 0.3 is 6.03 Å². The zero-order valence-electron chi connectivity index (χ0n) is 9.14. The predicted octanol–water partition coefficient (Wildman–Crippen LogP) is 0.826. The Kier molecular flexibility index (Phi) is 2.51. The number of aryl methyl sites for hydroxylation is 1. The van der Waals surface area contributed by atoms with Gasteiger partial charge in [0.25, 0.3) is 11.8 Å². The van der Waals surface area contributed by atoms with Gasteiger partial charge in [0.1, 0.15) is 0 Å². The van der Waals surface area contributed by atoms with Crippen molar-refractivity contribution in [3.05, 3.63) is 41.5 Å². The molecular formula is C12H10N2O3. The standard InChI is InChI=1S/C12H10N2O3/c1-7-4-2-3-5-8(7)9-6-10(15)14(11(9)16)12(13)17/h2-6H,1H3,(H2,13,17). The number of hydrogen-bond acceptors (Lipinski definition) is 3. The number of amides is 4. The van der Waals surface area contributed by atoms with Gasteiger partial charge in [0.2, 0.25) is 0 Å². The maximum absolute atomic E-state index is 11.8. The van der Waals surface area contributed by atoms with Crippen LogP contribution >= 0.6 is 0 Å². The summed E-state index contributed by atoms with van der Waals surface area (Å²) >= 11 is 0. The minimum Gasteiger partial charge on any atom is -0.351 e. The molecule has 86 valence electrons. The second-order valence-corrected chi connectivity index (χ2v) is 3.69. The second-order valence-electron chi connectivity index (χ2n) is 3.69. The number of imide groups is 3.